The highest BCUT2D eigenvalue weighted by molar-refractivity contribution is 14.1. The average molecular weight is 333 g/mol. The lowest BCUT2D eigenvalue weighted by Gasteiger charge is -2.30. The summed E-state index contributed by atoms with van der Waals surface area (Å²) in [6.07, 6.45) is 4.08. The molecule has 0 saturated carbocycles. The number of hydrogen-bond donors (Lipinski definition) is 0. The minimum Gasteiger partial charge on any atom is -0.337 e. The van der Waals surface area contributed by atoms with Crippen LogP contribution in [0.15, 0.2) is 6.20 Å². The summed E-state index contributed by atoms with van der Waals surface area (Å²) in [4.78, 5) is 14.3. The number of aryl methyl sites for hydroxylation is 1. The molecule has 1 atom stereocenters. The van der Waals surface area contributed by atoms with Crippen LogP contribution in [0.5, 0.6) is 0 Å². The third kappa shape index (κ3) is 2.23. The highest BCUT2D eigenvalue weighted by Gasteiger charge is 2.25. The molecule has 0 bridgehead atoms. The first-order chi connectivity index (χ1) is 7.59. The van der Waals surface area contributed by atoms with E-state index in [1.54, 1.807) is 10.9 Å². The Balaban J connectivity index is 2.18. The van der Waals surface area contributed by atoms with Crippen molar-refractivity contribution in [3.8, 4) is 0 Å². The Bertz CT molecular complexity index is 382. The van der Waals surface area contributed by atoms with Gasteiger partial charge in [-0.3, -0.25) is 9.48 Å². The summed E-state index contributed by atoms with van der Waals surface area (Å²) in [7, 11) is 1.82. The minimum atomic E-state index is 0.121. The third-order valence-electron chi connectivity index (χ3n) is 3.04. The normalized spacial score (nSPS) is 21.2. The quantitative estimate of drug-likeness (QED) is 0.737. The van der Waals surface area contributed by atoms with E-state index in [0.717, 1.165) is 28.8 Å². The molecule has 0 N–H and O–H groups in total. The first kappa shape index (κ1) is 11.9. The van der Waals surface area contributed by atoms with Gasteiger partial charge in [-0.1, -0.05) is 6.92 Å². The number of rotatable bonds is 1. The van der Waals surface area contributed by atoms with Crippen LogP contribution in [0.2, 0.25) is 0 Å². The number of carbonyl (C=O) groups is 1. The second-order valence-electron chi connectivity index (χ2n) is 4.46. The van der Waals surface area contributed by atoms with Gasteiger partial charge in [0.2, 0.25) is 0 Å². The summed E-state index contributed by atoms with van der Waals surface area (Å²) in [6.45, 7) is 3.96. The Morgan fingerprint density at radius 1 is 1.62 bits per heavy atom. The van der Waals surface area contributed by atoms with E-state index in [-0.39, 0.29) is 5.91 Å². The van der Waals surface area contributed by atoms with Crippen LogP contribution in [0.4, 0.5) is 0 Å². The molecular weight excluding hydrogens is 317 g/mol. The fraction of sp³-hybridized carbons (Fsp3) is 0.636. The van der Waals surface area contributed by atoms with E-state index in [2.05, 4.69) is 34.6 Å². The van der Waals surface area contributed by atoms with Crippen LogP contribution in [0.25, 0.3) is 0 Å². The van der Waals surface area contributed by atoms with E-state index in [9.17, 15) is 4.79 Å². The molecule has 1 aliphatic heterocycles. The lowest BCUT2D eigenvalue weighted by atomic mass is 10.00. The second kappa shape index (κ2) is 4.73. The Hall–Kier alpha value is -0.590. The molecule has 2 heterocycles. The van der Waals surface area contributed by atoms with Gasteiger partial charge in [0, 0.05) is 20.1 Å². The van der Waals surface area contributed by atoms with E-state index in [1.165, 1.54) is 6.42 Å². The van der Waals surface area contributed by atoms with Crippen molar-refractivity contribution in [2.45, 2.75) is 19.8 Å². The predicted octanol–water partition coefficient (Wildman–Crippen LogP) is 1.90. The van der Waals surface area contributed by atoms with Crippen LogP contribution in [0, 0.1) is 9.49 Å². The van der Waals surface area contributed by atoms with Crippen molar-refractivity contribution < 1.29 is 4.79 Å². The molecule has 0 radical (unpaired) electrons. The molecule has 0 aromatic carbocycles. The Morgan fingerprint density at radius 2 is 2.38 bits per heavy atom. The molecule has 1 aromatic rings. The highest BCUT2D eigenvalue weighted by Crippen LogP contribution is 2.19. The number of amides is 1. The third-order valence-corrected chi connectivity index (χ3v) is 3.83. The standard InChI is InChI=1S/C11H16IN3O/c1-8-4-3-5-15(7-8)11(16)10-9(12)6-13-14(10)2/h6,8H,3-5,7H2,1-2H3/t8-/m0/s1. The molecule has 2 rings (SSSR count). The molecule has 1 aromatic heterocycles. The number of nitrogens with zero attached hydrogens (tertiary/aromatic N) is 3. The van der Waals surface area contributed by atoms with Gasteiger partial charge < -0.3 is 4.90 Å². The molecule has 1 aliphatic rings. The summed E-state index contributed by atoms with van der Waals surface area (Å²) in [6, 6.07) is 0. The Labute approximate surface area is 109 Å². The molecule has 5 heteroatoms. The van der Waals surface area contributed by atoms with Crippen LogP contribution in [0.3, 0.4) is 0 Å². The second-order valence-corrected chi connectivity index (χ2v) is 5.63. The lowest BCUT2D eigenvalue weighted by molar-refractivity contribution is 0.0670. The highest BCUT2D eigenvalue weighted by atomic mass is 127. The number of piperidine rings is 1. The molecule has 88 valence electrons. The molecule has 1 saturated heterocycles. The fourth-order valence-electron chi connectivity index (χ4n) is 2.17. The van der Waals surface area contributed by atoms with Crippen LogP contribution in [0.1, 0.15) is 30.3 Å². The molecule has 1 fully saturated rings. The predicted molar refractivity (Wildman–Crippen MR) is 70.2 cm³/mol. The summed E-state index contributed by atoms with van der Waals surface area (Å²) >= 11 is 2.17. The van der Waals surface area contributed by atoms with Crippen molar-refractivity contribution in [1.82, 2.24) is 14.7 Å². The molecule has 0 spiro atoms. The van der Waals surface area contributed by atoms with E-state index >= 15 is 0 Å². The van der Waals surface area contributed by atoms with Gasteiger partial charge in [0.05, 0.1) is 9.77 Å². The number of likely N-dealkylation sites (tertiary alicyclic amines) is 1. The first-order valence-electron chi connectivity index (χ1n) is 5.56. The maximum atomic E-state index is 12.3. The number of carbonyl (C=O) groups excluding carboxylic acids is 1. The SMILES string of the molecule is C[C@H]1CCCN(C(=O)c2c(I)cnn2C)C1. The molecule has 16 heavy (non-hydrogen) atoms. The van der Waals surface area contributed by atoms with Crippen molar-refractivity contribution in [3.63, 3.8) is 0 Å². The van der Waals surface area contributed by atoms with Crippen LogP contribution < -0.4 is 0 Å². The fourth-order valence-corrected chi connectivity index (χ4v) is 2.88. The van der Waals surface area contributed by atoms with E-state index in [0.29, 0.717) is 5.92 Å². The van der Waals surface area contributed by atoms with E-state index in [4.69, 9.17) is 0 Å². The van der Waals surface area contributed by atoms with Crippen molar-refractivity contribution in [2.24, 2.45) is 13.0 Å². The van der Waals surface area contributed by atoms with Crippen LogP contribution in [-0.2, 0) is 7.05 Å². The van der Waals surface area contributed by atoms with E-state index in [1.807, 2.05) is 11.9 Å². The Morgan fingerprint density at radius 3 is 2.94 bits per heavy atom. The van der Waals surface area contributed by atoms with Crippen molar-refractivity contribution >= 4 is 28.5 Å². The number of halogens is 1. The van der Waals surface area contributed by atoms with Gasteiger partial charge >= 0.3 is 0 Å². The Kier molecular flexibility index (Phi) is 3.51. The van der Waals surface area contributed by atoms with Crippen molar-refractivity contribution in [2.75, 3.05) is 13.1 Å². The number of aromatic nitrogens is 2. The zero-order valence-corrected chi connectivity index (χ0v) is 11.8. The summed E-state index contributed by atoms with van der Waals surface area (Å²) in [5.74, 6) is 0.736. The molecule has 1 amide bonds. The van der Waals surface area contributed by atoms with Gasteiger partial charge in [0.15, 0.2) is 0 Å². The van der Waals surface area contributed by atoms with Gasteiger partial charge in [-0.25, -0.2) is 0 Å². The maximum absolute atomic E-state index is 12.3. The van der Waals surface area contributed by atoms with Crippen LogP contribution in [-0.4, -0.2) is 33.7 Å². The first-order valence-corrected chi connectivity index (χ1v) is 6.64. The van der Waals surface area contributed by atoms with Crippen molar-refractivity contribution in [3.05, 3.63) is 15.5 Å². The van der Waals surface area contributed by atoms with Gasteiger partial charge in [0.25, 0.3) is 5.91 Å². The largest absolute Gasteiger partial charge is 0.337 e. The van der Waals surface area contributed by atoms with Crippen LogP contribution >= 0.6 is 22.6 Å². The van der Waals surface area contributed by atoms with Gasteiger partial charge in [-0.2, -0.15) is 5.10 Å². The zero-order chi connectivity index (χ0) is 11.7. The molecule has 0 unspecified atom stereocenters. The number of hydrogen-bond acceptors (Lipinski definition) is 2. The maximum Gasteiger partial charge on any atom is 0.273 e. The van der Waals surface area contributed by atoms with Gasteiger partial charge in [-0.15, -0.1) is 0 Å². The average Bonchev–Trinajstić information content (AvgIpc) is 2.58. The van der Waals surface area contributed by atoms with Crippen molar-refractivity contribution in [1.29, 1.82) is 0 Å². The van der Waals surface area contributed by atoms with Gasteiger partial charge in [-0.05, 0) is 41.4 Å². The summed E-state index contributed by atoms with van der Waals surface area (Å²) < 4.78 is 2.60. The lowest BCUT2D eigenvalue weighted by Crippen LogP contribution is -2.40. The topological polar surface area (TPSA) is 38.1 Å². The molecular formula is C11H16IN3O. The minimum absolute atomic E-state index is 0.121. The van der Waals surface area contributed by atoms with E-state index < -0.39 is 0 Å². The smallest absolute Gasteiger partial charge is 0.273 e. The molecule has 0 aliphatic carbocycles. The van der Waals surface area contributed by atoms with Gasteiger partial charge in [0.1, 0.15) is 5.69 Å². The summed E-state index contributed by atoms with van der Waals surface area (Å²) in [5, 5.41) is 4.11. The molecule has 4 nitrogen and oxygen atoms in total. The zero-order valence-electron chi connectivity index (χ0n) is 9.61. The monoisotopic (exact) mass is 333 g/mol. The summed E-state index contributed by atoms with van der Waals surface area (Å²) in [5.41, 5.74) is 0.717.